The summed E-state index contributed by atoms with van der Waals surface area (Å²) in [6.07, 6.45) is 1.89. The van der Waals surface area contributed by atoms with Crippen LogP contribution in [0.2, 0.25) is 0 Å². The summed E-state index contributed by atoms with van der Waals surface area (Å²) in [4.78, 5) is 35.2. The first-order chi connectivity index (χ1) is 16.8. The van der Waals surface area contributed by atoms with Crippen LogP contribution in [0.1, 0.15) is 22.7 Å². The van der Waals surface area contributed by atoms with Gasteiger partial charge in [0.15, 0.2) is 5.76 Å². The van der Waals surface area contributed by atoms with E-state index in [0.29, 0.717) is 34.3 Å². The second-order valence-corrected chi connectivity index (χ2v) is 9.17. The van der Waals surface area contributed by atoms with Gasteiger partial charge in [-0.25, -0.2) is 9.97 Å². The molecule has 1 saturated heterocycles. The molecule has 3 aromatic heterocycles. The molecule has 2 amide bonds. The van der Waals surface area contributed by atoms with Gasteiger partial charge >= 0.3 is 0 Å². The Hall–Kier alpha value is -4.09. The van der Waals surface area contributed by atoms with E-state index in [-0.39, 0.29) is 17.9 Å². The smallest absolute Gasteiger partial charge is 0.273 e. The molecule has 0 bridgehead atoms. The van der Waals surface area contributed by atoms with E-state index in [4.69, 9.17) is 15.0 Å². The van der Waals surface area contributed by atoms with Crippen LogP contribution in [-0.2, 0) is 10.4 Å². The molecule has 4 aromatic rings. The van der Waals surface area contributed by atoms with Crippen molar-refractivity contribution in [1.82, 2.24) is 20.0 Å². The van der Waals surface area contributed by atoms with Crippen molar-refractivity contribution in [2.45, 2.75) is 12.0 Å². The Labute approximate surface area is 204 Å². The standard InChI is InChI=1S/C24H21N5O5S/c1-29-7-6-24(32,22(29)31)20-11-17(28-34-20)14-5-3-4-13(8-14)16-9-15(10-18(27-16)21(25)30)19-12-26-23(33-2)35-19/h3-5,8-12,32H,6-7H2,1-2H3,(H2,25,30). The summed E-state index contributed by atoms with van der Waals surface area (Å²) in [6.45, 7) is 0.427. The lowest BCUT2D eigenvalue weighted by Crippen LogP contribution is -2.35. The van der Waals surface area contributed by atoms with Crippen molar-refractivity contribution in [2.75, 3.05) is 20.7 Å². The zero-order valence-corrected chi connectivity index (χ0v) is 19.7. The van der Waals surface area contributed by atoms with Crippen LogP contribution in [0.5, 0.6) is 5.19 Å². The maximum absolute atomic E-state index is 12.4. The van der Waals surface area contributed by atoms with Crippen LogP contribution in [0.3, 0.4) is 0 Å². The van der Waals surface area contributed by atoms with Crippen LogP contribution in [0.25, 0.3) is 33.0 Å². The number of ether oxygens (including phenoxy) is 1. The monoisotopic (exact) mass is 491 g/mol. The van der Waals surface area contributed by atoms with Crippen LogP contribution in [0.15, 0.2) is 53.2 Å². The molecule has 0 radical (unpaired) electrons. The molecule has 3 N–H and O–H groups in total. The number of nitrogens with zero attached hydrogens (tertiary/aromatic N) is 4. The van der Waals surface area contributed by atoms with E-state index in [9.17, 15) is 14.7 Å². The van der Waals surface area contributed by atoms with Gasteiger partial charge in [0.25, 0.3) is 17.0 Å². The fraction of sp³-hybridized carbons (Fsp3) is 0.208. The van der Waals surface area contributed by atoms with Gasteiger partial charge in [0.1, 0.15) is 11.4 Å². The third kappa shape index (κ3) is 4.04. The normalized spacial score (nSPS) is 17.7. The van der Waals surface area contributed by atoms with Crippen molar-refractivity contribution in [1.29, 1.82) is 0 Å². The Morgan fingerprint density at radius 1 is 1.20 bits per heavy atom. The predicted octanol–water partition coefficient (Wildman–Crippen LogP) is 2.68. The molecule has 1 aliphatic heterocycles. The molecule has 4 heterocycles. The van der Waals surface area contributed by atoms with Crippen molar-refractivity contribution in [2.24, 2.45) is 5.73 Å². The highest BCUT2D eigenvalue weighted by molar-refractivity contribution is 7.16. The Morgan fingerprint density at radius 2 is 1.97 bits per heavy atom. The first-order valence-electron chi connectivity index (χ1n) is 10.7. The van der Waals surface area contributed by atoms with Gasteiger partial charge in [-0.15, -0.1) is 0 Å². The number of aromatic nitrogens is 3. The first kappa shape index (κ1) is 22.7. The van der Waals surface area contributed by atoms with Gasteiger partial charge in [0, 0.05) is 43.4 Å². The number of carbonyl (C=O) groups is 2. The number of pyridine rings is 1. The summed E-state index contributed by atoms with van der Waals surface area (Å²) < 4.78 is 10.5. The molecular weight excluding hydrogens is 470 g/mol. The summed E-state index contributed by atoms with van der Waals surface area (Å²) in [6, 6.07) is 12.3. The number of hydrogen-bond donors (Lipinski definition) is 2. The molecule has 10 nitrogen and oxygen atoms in total. The molecule has 1 aromatic carbocycles. The summed E-state index contributed by atoms with van der Waals surface area (Å²) >= 11 is 1.33. The summed E-state index contributed by atoms with van der Waals surface area (Å²) in [5.41, 5.74) is 7.04. The zero-order valence-electron chi connectivity index (χ0n) is 18.9. The highest BCUT2D eigenvalue weighted by atomic mass is 32.1. The van der Waals surface area contributed by atoms with Crippen LogP contribution in [0, 0.1) is 0 Å². The highest BCUT2D eigenvalue weighted by Gasteiger charge is 2.48. The molecule has 178 valence electrons. The molecule has 0 spiro atoms. The number of rotatable bonds is 6. The van der Waals surface area contributed by atoms with Crippen molar-refractivity contribution in [3.8, 4) is 38.1 Å². The van der Waals surface area contributed by atoms with Crippen LogP contribution in [-0.4, -0.2) is 57.6 Å². The molecule has 0 saturated carbocycles. The van der Waals surface area contributed by atoms with E-state index in [2.05, 4.69) is 15.1 Å². The largest absolute Gasteiger partial charge is 0.473 e. The second kappa shape index (κ2) is 8.60. The number of nitrogens with two attached hydrogens (primary N) is 1. The van der Waals surface area contributed by atoms with Crippen LogP contribution in [0.4, 0.5) is 0 Å². The zero-order chi connectivity index (χ0) is 24.7. The van der Waals surface area contributed by atoms with E-state index in [1.54, 1.807) is 25.4 Å². The maximum atomic E-state index is 12.4. The van der Waals surface area contributed by atoms with Crippen molar-refractivity contribution < 1.29 is 24.0 Å². The number of primary amides is 1. The summed E-state index contributed by atoms with van der Waals surface area (Å²) in [5.74, 6) is -0.975. The number of carbonyl (C=O) groups excluding carboxylic acids is 2. The number of amides is 2. The molecule has 1 fully saturated rings. The van der Waals surface area contributed by atoms with Gasteiger partial charge in [-0.2, -0.15) is 0 Å². The minimum atomic E-state index is -1.72. The summed E-state index contributed by atoms with van der Waals surface area (Å²) in [5, 5.41) is 15.4. The molecule has 1 atom stereocenters. The van der Waals surface area contributed by atoms with Gasteiger partial charge < -0.3 is 25.0 Å². The summed E-state index contributed by atoms with van der Waals surface area (Å²) in [7, 11) is 3.17. The number of benzene rings is 1. The number of likely N-dealkylation sites (tertiary alicyclic amines) is 1. The predicted molar refractivity (Wildman–Crippen MR) is 127 cm³/mol. The Morgan fingerprint density at radius 3 is 2.63 bits per heavy atom. The van der Waals surface area contributed by atoms with Gasteiger partial charge in [0.05, 0.1) is 17.7 Å². The van der Waals surface area contributed by atoms with Crippen LogP contribution < -0.4 is 10.5 Å². The van der Waals surface area contributed by atoms with Gasteiger partial charge in [-0.05, 0) is 23.8 Å². The molecule has 35 heavy (non-hydrogen) atoms. The SMILES string of the molecule is COc1ncc(-c2cc(C(N)=O)nc(-c3cccc(-c4cc(C5(O)CCN(C)C5=O)on4)c3)c2)s1. The lowest BCUT2D eigenvalue weighted by molar-refractivity contribution is -0.144. The van der Waals surface area contributed by atoms with Crippen molar-refractivity contribution in [3.63, 3.8) is 0 Å². The lowest BCUT2D eigenvalue weighted by atomic mass is 9.97. The molecule has 0 aliphatic carbocycles. The average molecular weight is 492 g/mol. The van der Waals surface area contributed by atoms with E-state index in [1.807, 2.05) is 30.3 Å². The van der Waals surface area contributed by atoms with E-state index >= 15 is 0 Å². The quantitative estimate of drug-likeness (QED) is 0.419. The topological polar surface area (TPSA) is 145 Å². The van der Waals surface area contributed by atoms with E-state index < -0.39 is 17.4 Å². The molecule has 1 unspecified atom stereocenters. The number of thiazole rings is 1. The van der Waals surface area contributed by atoms with E-state index in [0.717, 1.165) is 10.4 Å². The third-order valence-corrected chi connectivity index (χ3v) is 6.91. The van der Waals surface area contributed by atoms with Crippen molar-refractivity contribution in [3.05, 3.63) is 60.1 Å². The van der Waals surface area contributed by atoms with E-state index in [1.165, 1.54) is 23.3 Å². The minimum Gasteiger partial charge on any atom is -0.473 e. The first-order valence-corrected chi connectivity index (χ1v) is 11.5. The second-order valence-electron chi connectivity index (χ2n) is 8.18. The van der Waals surface area contributed by atoms with Gasteiger partial charge in [-0.1, -0.05) is 34.7 Å². The molecule has 11 heteroatoms. The Kier molecular flexibility index (Phi) is 5.58. The molecule has 1 aliphatic rings. The Bertz CT molecular complexity index is 1450. The van der Waals surface area contributed by atoms with Crippen molar-refractivity contribution >= 4 is 23.2 Å². The average Bonchev–Trinajstić information content (AvgIpc) is 3.61. The highest BCUT2D eigenvalue weighted by Crippen LogP contribution is 2.36. The van der Waals surface area contributed by atoms with Gasteiger partial charge in [0.2, 0.25) is 5.60 Å². The number of likely N-dealkylation sites (N-methyl/N-ethyl adjacent to an activating group) is 1. The number of hydrogen-bond acceptors (Lipinski definition) is 9. The molecular formula is C24H21N5O5S. The molecule has 5 rings (SSSR count). The Balaban J connectivity index is 1.53. The third-order valence-electron chi connectivity index (χ3n) is 5.90. The van der Waals surface area contributed by atoms with Crippen LogP contribution >= 0.6 is 11.3 Å². The lowest BCUT2D eigenvalue weighted by Gasteiger charge is -2.16. The minimum absolute atomic E-state index is 0.0996. The fourth-order valence-corrected chi connectivity index (χ4v) is 4.68. The fourth-order valence-electron chi connectivity index (χ4n) is 3.96. The maximum Gasteiger partial charge on any atom is 0.273 e. The number of aliphatic hydroxyl groups is 1. The van der Waals surface area contributed by atoms with Gasteiger partial charge in [-0.3, -0.25) is 9.59 Å². The number of methoxy groups -OCH3 is 1.